The summed E-state index contributed by atoms with van der Waals surface area (Å²) in [6, 6.07) is 4.92. The van der Waals surface area contributed by atoms with Crippen molar-refractivity contribution < 1.29 is 4.79 Å². The Morgan fingerprint density at radius 2 is 1.90 bits per heavy atom. The molecule has 0 N–H and O–H groups in total. The monoisotopic (exact) mass is 306 g/mol. The lowest BCUT2D eigenvalue weighted by molar-refractivity contribution is -0.132. The van der Waals surface area contributed by atoms with E-state index < -0.39 is 0 Å². The quantitative estimate of drug-likeness (QED) is 0.853. The van der Waals surface area contributed by atoms with Crippen LogP contribution in [0.1, 0.15) is 43.4 Å². The molecule has 4 heteroatoms. The third kappa shape index (κ3) is 4.07. The zero-order valence-electron chi connectivity index (χ0n) is 12.8. The van der Waals surface area contributed by atoms with Gasteiger partial charge in [-0.25, -0.2) is 0 Å². The van der Waals surface area contributed by atoms with Gasteiger partial charge >= 0.3 is 0 Å². The molecule has 0 spiro atoms. The smallest absolute Gasteiger partial charge is 0.222 e. The van der Waals surface area contributed by atoms with Crippen molar-refractivity contribution in [2.75, 3.05) is 26.2 Å². The van der Waals surface area contributed by atoms with Crippen molar-refractivity contribution >= 4 is 17.2 Å². The summed E-state index contributed by atoms with van der Waals surface area (Å²) in [6.07, 6.45) is 8.05. The highest BCUT2D eigenvalue weighted by Gasteiger charge is 2.27. The second-order valence-corrected chi connectivity index (χ2v) is 7.32. The van der Waals surface area contributed by atoms with E-state index in [-0.39, 0.29) is 0 Å². The van der Waals surface area contributed by atoms with Crippen molar-refractivity contribution in [3.63, 3.8) is 0 Å². The van der Waals surface area contributed by atoms with Gasteiger partial charge in [-0.2, -0.15) is 0 Å². The summed E-state index contributed by atoms with van der Waals surface area (Å²) >= 11 is 1.75. The van der Waals surface area contributed by atoms with Gasteiger partial charge in [0, 0.05) is 30.4 Å². The summed E-state index contributed by atoms with van der Waals surface area (Å²) in [5.41, 5.74) is 0. The van der Waals surface area contributed by atoms with E-state index in [4.69, 9.17) is 0 Å². The van der Waals surface area contributed by atoms with Crippen LogP contribution in [0, 0.1) is 0 Å². The fourth-order valence-corrected chi connectivity index (χ4v) is 4.32. The summed E-state index contributed by atoms with van der Waals surface area (Å²) < 4.78 is 0. The molecule has 21 heavy (non-hydrogen) atoms. The van der Waals surface area contributed by atoms with Gasteiger partial charge < -0.3 is 9.80 Å². The molecular formula is C17H26N2OS. The fourth-order valence-electron chi connectivity index (χ4n) is 3.61. The highest BCUT2D eigenvalue weighted by Crippen LogP contribution is 2.21. The zero-order valence-corrected chi connectivity index (χ0v) is 13.6. The van der Waals surface area contributed by atoms with Crippen LogP contribution in [0.15, 0.2) is 17.5 Å². The number of carbonyl (C=O) groups excluding carboxylic acids is 1. The summed E-state index contributed by atoms with van der Waals surface area (Å²) in [5, 5.41) is 2.09. The molecule has 0 aliphatic carbocycles. The third-order valence-electron chi connectivity index (χ3n) is 4.89. The van der Waals surface area contributed by atoms with Crippen LogP contribution in [0.25, 0.3) is 0 Å². The largest absolute Gasteiger partial charge is 0.343 e. The van der Waals surface area contributed by atoms with Crippen LogP contribution < -0.4 is 0 Å². The Bertz CT molecular complexity index is 432. The van der Waals surface area contributed by atoms with Crippen molar-refractivity contribution in [1.82, 2.24) is 9.80 Å². The molecule has 3 heterocycles. The Morgan fingerprint density at radius 1 is 1.14 bits per heavy atom. The van der Waals surface area contributed by atoms with Crippen LogP contribution in [0.4, 0.5) is 0 Å². The number of aryl methyl sites for hydroxylation is 1. The van der Waals surface area contributed by atoms with Gasteiger partial charge in [-0.05, 0) is 56.6 Å². The molecule has 2 aliphatic heterocycles. The summed E-state index contributed by atoms with van der Waals surface area (Å²) in [5.74, 6) is 0.348. The predicted molar refractivity (Wildman–Crippen MR) is 87.7 cm³/mol. The number of hydrogen-bond acceptors (Lipinski definition) is 3. The number of amides is 1. The SMILES string of the molecule is O=C(CCc1cccs1)N1CCC(N2CCCCC2)CC1. The van der Waals surface area contributed by atoms with Gasteiger partial charge in [-0.3, -0.25) is 4.79 Å². The lowest BCUT2D eigenvalue weighted by atomic mass is 9.99. The van der Waals surface area contributed by atoms with E-state index in [1.807, 2.05) is 0 Å². The van der Waals surface area contributed by atoms with Crippen LogP contribution >= 0.6 is 11.3 Å². The molecule has 0 unspecified atom stereocenters. The molecule has 0 atom stereocenters. The Kier molecular flexibility index (Phi) is 5.31. The highest BCUT2D eigenvalue weighted by molar-refractivity contribution is 7.09. The number of thiophene rings is 1. The molecule has 2 fully saturated rings. The summed E-state index contributed by atoms with van der Waals surface area (Å²) in [4.78, 5) is 18.4. The first-order chi connectivity index (χ1) is 10.3. The van der Waals surface area contributed by atoms with Crippen molar-refractivity contribution in [3.8, 4) is 0 Å². The van der Waals surface area contributed by atoms with Gasteiger partial charge in [-0.15, -0.1) is 11.3 Å². The van der Waals surface area contributed by atoms with Crippen LogP contribution in [-0.2, 0) is 11.2 Å². The van der Waals surface area contributed by atoms with E-state index >= 15 is 0 Å². The maximum Gasteiger partial charge on any atom is 0.222 e. The van der Waals surface area contributed by atoms with Gasteiger partial charge in [0.25, 0.3) is 0 Å². The van der Waals surface area contributed by atoms with Crippen molar-refractivity contribution in [2.24, 2.45) is 0 Å². The minimum Gasteiger partial charge on any atom is -0.343 e. The van der Waals surface area contributed by atoms with Crippen molar-refractivity contribution in [2.45, 2.75) is 51.0 Å². The minimum atomic E-state index is 0.348. The Morgan fingerprint density at radius 3 is 2.57 bits per heavy atom. The molecule has 1 aromatic rings. The molecule has 0 saturated carbocycles. The van der Waals surface area contributed by atoms with E-state index in [2.05, 4.69) is 27.3 Å². The van der Waals surface area contributed by atoms with E-state index in [0.29, 0.717) is 12.3 Å². The molecule has 1 aromatic heterocycles. The van der Waals surface area contributed by atoms with Crippen molar-refractivity contribution in [3.05, 3.63) is 22.4 Å². The molecule has 3 rings (SSSR count). The van der Waals surface area contributed by atoms with E-state index in [0.717, 1.165) is 25.6 Å². The first-order valence-electron chi connectivity index (χ1n) is 8.37. The second-order valence-electron chi connectivity index (χ2n) is 6.29. The van der Waals surface area contributed by atoms with Crippen molar-refractivity contribution in [1.29, 1.82) is 0 Å². The topological polar surface area (TPSA) is 23.6 Å². The predicted octanol–water partition coefficient (Wildman–Crippen LogP) is 3.16. The van der Waals surface area contributed by atoms with Crippen LogP contribution in [0.2, 0.25) is 0 Å². The maximum absolute atomic E-state index is 12.3. The van der Waals surface area contributed by atoms with Gasteiger partial charge in [0.1, 0.15) is 0 Å². The molecular weight excluding hydrogens is 280 g/mol. The minimum absolute atomic E-state index is 0.348. The average molecular weight is 306 g/mol. The molecule has 0 aromatic carbocycles. The van der Waals surface area contributed by atoms with Crippen LogP contribution in [0.3, 0.4) is 0 Å². The average Bonchev–Trinajstić information content (AvgIpc) is 3.07. The molecule has 0 radical (unpaired) electrons. The standard InChI is InChI=1S/C17H26N2OS/c20-17(7-6-16-5-4-14-21-16)19-12-8-15(9-13-19)18-10-2-1-3-11-18/h4-5,14-15H,1-3,6-13H2. The second kappa shape index (κ2) is 7.41. The van der Waals surface area contributed by atoms with Gasteiger partial charge in [0.05, 0.1) is 0 Å². The first kappa shape index (κ1) is 15.0. The molecule has 2 aliphatic rings. The van der Waals surface area contributed by atoms with E-state index in [1.54, 1.807) is 11.3 Å². The lowest BCUT2D eigenvalue weighted by Crippen LogP contribution is -2.48. The number of piperidine rings is 2. The summed E-state index contributed by atoms with van der Waals surface area (Å²) in [6.45, 7) is 4.48. The molecule has 0 bridgehead atoms. The number of nitrogens with zero attached hydrogens (tertiary/aromatic N) is 2. The Balaban J connectivity index is 1.41. The number of carbonyl (C=O) groups is 1. The highest BCUT2D eigenvalue weighted by atomic mass is 32.1. The maximum atomic E-state index is 12.3. The Hall–Kier alpha value is -0.870. The van der Waals surface area contributed by atoms with Gasteiger partial charge in [-0.1, -0.05) is 12.5 Å². The number of hydrogen-bond donors (Lipinski definition) is 0. The Labute approximate surface area is 131 Å². The van der Waals surface area contributed by atoms with E-state index in [9.17, 15) is 4.79 Å². The van der Waals surface area contributed by atoms with Crippen LogP contribution in [-0.4, -0.2) is 47.9 Å². The molecule has 3 nitrogen and oxygen atoms in total. The normalized spacial score (nSPS) is 21.6. The van der Waals surface area contributed by atoms with Gasteiger partial charge in [0.2, 0.25) is 5.91 Å². The molecule has 1 amide bonds. The number of rotatable bonds is 4. The first-order valence-corrected chi connectivity index (χ1v) is 9.25. The molecule has 2 saturated heterocycles. The summed E-state index contributed by atoms with van der Waals surface area (Å²) in [7, 11) is 0. The number of likely N-dealkylation sites (tertiary alicyclic amines) is 2. The lowest BCUT2D eigenvalue weighted by Gasteiger charge is -2.40. The third-order valence-corrected chi connectivity index (χ3v) is 5.83. The van der Waals surface area contributed by atoms with Gasteiger partial charge in [0.15, 0.2) is 0 Å². The van der Waals surface area contributed by atoms with E-state index in [1.165, 1.54) is 50.1 Å². The molecule has 116 valence electrons. The zero-order chi connectivity index (χ0) is 14.5. The van der Waals surface area contributed by atoms with Crippen LogP contribution in [0.5, 0.6) is 0 Å². The fraction of sp³-hybridized carbons (Fsp3) is 0.706.